The van der Waals surface area contributed by atoms with Crippen molar-refractivity contribution >= 4 is 22.0 Å². The van der Waals surface area contributed by atoms with Crippen molar-refractivity contribution in [2.24, 2.45) is 0 Å². The van der Waals surface area contributed by atoms with Crippen molar-refractivity contribution in [3.05, 3.63) is 243 Å². The number of benzene rings is 6. The van der Waals surface area contributed by atoms with E-state index < -0.39 is 0 Å². The zero-order chi connectivity index (χ0) is 44.2. The maximum absolute atomic E-state index is 6.85. The maximum atomic E-state index is 6.85. The molecule has 0 bridgehead atoms. The van der Waals surface area contributed by atoms with Crippen LogP contribution < -0.4 is 5.73 Å². The molecule has 0 heterocycles. The van der Waals surface area contributed by atoms with Crippen LogP contribution in [0.15, 0.2) is 205 Å². The summed E-state index contributed by atoms with van der Waals surface area (Å²) in [4.78, 5) is 0. The third kappa shape index (κ3) is 7.19. The Morgan fingerprint density at radius 2 is 1.39 bits per heavy atom. The maximum Gasteiger partial charge on any atom is 0.0680 e. The molecule has 6 aromatic carbocycles. The van der Waals surface area contributed by atoms with E-state index in [-0.39, 0.29) is 16.2 Å². The van der Waals surface area contributed by atoms with Gasteiger partial charge in [-0.2, -0.15) is 0 Å². The molecule has 0 aromatic heterocycles. The molecule has 0 fully saturated rings. The van der Waals surface area contributed by atoms with Crippen LogP contribution in [0.2, 0.25) is 0 Å². The van der Waals surface area contributed by atoms with Crippen LogP contribution in [0.25, 0.3) is 27.5 Å². The van der Waals surface area contributed by atoms with Crippen LogP contribution in [0.1, 0.15) is 108 Å². The Kier molecular flexibility index (Phi) is 12.6. The lowest BCUT2D eigenvalue weighted by atomic mass is 9.66. The second-order valence-corrected chi connectivity index (χ2v) is 17.2. The van der Waals surface area contributed by atoms with Gasteiger partial charge in [-0.25, -0.2) is 0 Å². The highest BCUT2D eigenvalue weighted by atomic mass is 14.6. The zero-order valence-corrected chi connectivity index (χ0v) is 38.4. The number of hydrogen-bond acceptors (Lipinski definition) is 1. The molecule has 4 aliphatic rings. The molecule has 0 saturated heterocycles. The fourth-order valence-corrected chi connectivity index (χ4v) is 10.1. The van der Waals surface area contributed by atoms with E-state index in [1.165, 1.54) is 83.3 Å². The quantitative estimate of drug-likeness (QED) is 0.0970. The lowest BCUT2D eigenvalue weighted by Crippen LogP contribution is -2.29. The summed E-state index contributed by atoms with van der Waals surface area (Å²) in [5, 5.41) is 2.33. The Hall–Kier alpha value is -6.40. The SMILES string of the molecule is C=CCc1ccccc1C(C)(C)/C(C)=C/C1=C=C2C(=C1)C(C)(C)c1ccccc12.CC.CC.Nc1c2c(cc3ccccc13)C(C1=CC=CC1)(c1ccccc1)c1ccccc1-2. The summed E-state index contributed by atoms with van der Waals surface area (Å²) in [5.41, 5.74) is 29.6. The van der Waals surface area contributed by atoms with Gasteiger partial charge in [0, 0.05) is 38.6 Å². The van der Waals surface area contributed by atoms with E-state index in [4.69, 9.17) is 5.73 Å². The lowest BCUT2D eigenvalue weighted by molar-refractivity contribution is 0.617. The van der Waals surface area contributed by atoms with Gasteiger partial charge in [0.15, 0.2) is 0 Å². The highest BCUT2D eigenvalue weighted by molar-refractivity contribution is 6.06. The Labute approximate surface area is 372 Å². The molecule has 2 N–H and O–H groups in total. The fourth-order valence-electron chi connectivity index (χ4n) is 10.1. The summed E-state index contributed by atoms with van der Waals surface area (Å²) in [5.74, 6) is 0. The molecule has 0 amide bonds. The van der Waals surface area contributed by atoms with Crippen LogP contribution in [0.4, 0.5) is 5.69 Å². The van der Waals surface area contributed by atoms with Crippen molar-refractivity contribution in [2.75, 3.05) is 5.73 Å². The van der Waals surface area contributed by atoms with E-state index in [1.54, 1.807) is 0 Å². The highest BCUT2D eigenvalue weighted by Gasteiger charge is 2.48. The smallest absolute Gasteiger partial charge is 0.0680 e. The number of anilines is 1. The average molecular weight is 810 g/mol. The van der Waals surface area contributed by atoms with Crippen LogP contribution in [-0.2, 0) is 22.7 Å². The van der Waals surface area contributed by atoms with E-state index in [0.717, 1.165) is 23.9 Å². The van der Waals surface area contributed by atoms with Gasteiger partial charge in [-0.3, -0.25) is 0 Å². The fraction of sp³-hybridized carbons (Fsp3) is 0.230. The van der Waals surface area contributed by atoms with E-state index >= 15 is 0 Å². The Bertz CT molecular complexity index is 2840. The third-order valence-corrected chi connectivity index (χ3v) is 13.3. The first kappa shape index (κ1) is 43.7. The van der Waals surface area contributed by atoms with Crippen LogP contribution in [0.5, 0.6) is 0 Å². The van der Waals surface area contributed by atoms with Crippen molar-refractivity contribution < 1.29 is 0 Å². The van der Waals surface area contributed by atoms with Crippen molar-refractivity contribution in [3.8, 4) is 11.1 Å². The minimum absolute atomic E-state index is 0.0362. The minimum Gasteiger partial charge on any atom is -0.398 e. The molecule has 0 radical (unpaired) electrons. The number of hydrogen-bond donors (Lipinski definition) is 1. The highest BCUT2D eigenvalue weighted by Crippen LogP contribution is 2.60. The Balaban J connectivity index is 0.000000173. The number of fused-ring (bicyclic) bond motifs is 7. The van der Waals surface area contributed by atoms with E-state index in [0.29, 0.717) is 0 Å². The zero-order valence-electron chi connectivity index (χ0n) is 38.4. The predicted octanol–water partition coefficient (Wildman–Crippen LogP) is 16.2. The molecule has 10 rings (SSSR count). The van der Waals surface area contributed by atoms with Gasteiger partial charge in [-0.15, -0.1) is 12.3 Å². The molecule has 0 spiro atoms. The van der Waals surface area contributed by atoms with E-state index in [2.05, 4.69) is 211 Å². The Morgan fingerprint density at radius 3 is 2.10 bits per heavy atom. The van der Waals surface area contributed by atoms with Crippen molar-refractivity contribution in [1.29, 1.82) is 0 Å². The van der Waals surface area contributed by atoms with Crippen molar-refractivity contribution in [2.45, 2.75) is 91.4 Å². The molecule has 0 saturated carbocycles. The summed E-state index contributed by atoms with van der Waals surface area (Å²) < 4.78 is 0. The molecule has 6 aromatic rings. The molecule has 4 aliphatic carbocycles. The van der Waals surface area contributed by atoms with Crippen molar-refractivity contribution in [1.82, 2.24) is 0 Å². The number of rotatable bonds is 7. The van der Waals surface area contributed by atoms with Crippen LogP contribution in [0.3, 0.4) is 0 Å². The molecule has 1 unspecified atom stereocenters. The molecule has 1 atom stereocenters. The first-order valence-electron chi connectivity index (χ1n) is 22.6. The summed E-state index contributed by atoms with van der Waals surface area (Å²) >= 11 is 0. The van der Waals surface area contributed by atoms with E-state index in [1.807, 2.05) is 33.8 Å². The summed E-state index contributed by atoms with van der Waals surface area (Å²) in [6, 6.07) is 48.0. The largest absolute Gasteiger partial charge is 0.398 e. The standard InChI is InChI=1S/C29H30.C28H21N.2C2H6/c1-7-12-22-13-8-10-15-25(22)28(3,4)20(2)17-21-18-24-23-14-9-11-16-26(23)29(5,6)27(24)19-21;29-27-22-15-7-4-10-19(22)18-25-26(27)23-16-8-9-17-24(23)28(25,21-13-5-6-14-21)20-11-2-1-3-12-20;2*1-2/h7-11,13-17,19H,1,12H2,2-6H3;1-13,15-18H,14,29H2;2*1-2H3/b20-17+;;;. The van der Waals surface area contributed by atoms with Gasteiger partial charge in [0.2, 0.25) is 0 Å². The molecule has 312 valence electrons. The van der Waals surface area contributed by atoms with Gasteiger partial charge in [0.1, 0.15) is 0 Å². The first-order chi connectivity index (χ1) is 30.1. The molecular weight excluding hydrogens is 747 g/mol. The summed E-state index contributed by atoms with van der Waals surface area (Å²) in [6.07, 6.45) is 15.2. The van der Waals surface area contributed by atoms with Crippen molar-refractivity contribution in [3.63, 3.8) is 0 Å². The van der Waals surface area contributed by atoms with Gasteiger partial charge in [-0.1, -0.05) is 213 Å². The lowest BCUT2D eigenvalue weighted by Gasteiger charge is -2.35. The number of allylic oxidation sites excluding steroid dienone is 10. The van der Waals surface area contributed by atoms with Gasteiger partial charge in [-0.05, 0) is 99.0 Å². The molecule has 1 heteroatoms. The minimum atomic E-state index is -0.311. The molecule has 62 heavy (non-hydrogen) atoms. The first-order valence-corrected chi connectivity index (χ1v) is 22.6. The van der Waals surface area contributed by atoms with Crippen LogP contribution in [-0.4, -0.2) is 0 Å². The second kappa shape index (κ2) is 17.9. The van der Waals surface area contributed by atoms with Gasteiger partial charge < -0.3 is 5.73 Å². The van der Waals surface area contributed by atoms with Gasteiger partial charge in [0.25, 0.3) is 0 Å². The molecular formula is C61H63N. The predicted molar refractivity (Wildman–Crippen MR) is 270 cm³/mol. The average Bonchev–Trinajstić information content (AvgIpc) is 4.10. The van der Waals surface area contributed by atoms with Crippen LogP contribution in [0, 0.1) is 0 Å². The Morgan fingerprint density at radius 1 is 0.758 bits per heavy atom. The molecule has 1 nitrogen and oxygen atoms in total. The monoisotopic (exact) mass is 809 g/mol. The normalized spacial score (nSPS) is 17.3. The number of nitrogens with two attached hydrogens (primary N) is 1. The number of nitrogen functional groups attached to an aromatic ring is 1. The van der Waals surface area contributed by atoms with E-state index in [9.17, 15) is 0 Å². The van der Waals surface area contributed by atoms with Crippen LogP contribution >= 0.6 is 0 Å². The third-order valence-electron chi connectivity index (χ3n) is 13.3. The second-order valence-electron chi connectivity index (χ2n) is 17.2. The molecule has 0 aliphatic heterocycles. The summed E-state index contributed by atoms with van der Waals surface area (Å²) in [7, 11) is 0. The van der Waals surface area contributed by atoms with Gasteiger partial charge >= 0.3 is 0 Å². The topological polar surface area (TPSA) is 26.0 Å². The van der Waals surface area contributed by atoms with Gasteiger partial charge in [0.05, 0.1) is 5.41 Å². The summed E-state index contributed by atoms with van der Waals surface area (Å²) in [6.45, 7) is 23.5.